The van der Waals surface area contributed by atoms with Crippen molar-refractivity contribution >= 4 is 11.5 Å². The highest BCUT2D eigenvalue weighted by molar-refractivity contribution is 6.01. The van der Waals surface area contributed by atoms with E-state index in [1.807, 2.05) is 6.92 Å². The fourth-order valence-electron chi connectivity index (χ4n) is 3.75. The summed E-state index contributed by atoms with van der Waals surface area (Å²) in [7, 11) is 4.66. The van der Waals surface area contributed by atoms with Crippen molar-refractivity contribution in [2.24, 2.45) is 0 Å². The molecule has 2 aromatic rings. The molecule has 1 heterocycles. The zero-order chi connectivity index (χ0) is 21.0. The molecule has 1 aliphatic heterocycles. The van der Waals surface area contributed by atoms with Crippen molar-refractivity contribution in [1.29, 1.82) is 0 Å². The number of anilines is 1. The minimum absolute atomic E-state index is 0.0491. The second-order valence-electron chi connectivity index (χ2n) is 7.31. The van der Waals surface area contributed by atoms with Gasteiger partial charge in [0, 0.05) is 37.4 Å². The summed E-state index contributed by atoms with van der Waals surface area (Å²) in [6.07, 6.45) is 0. The van der Waals surface area contributed by atoms with Gasteiger partial charge in [-0.1, -0.05) is 17.7 Å². The third kappa shape index (κ3) is 4.48. The Morgan fingerprint density at radius 1 is 0.897 bits per heavy atom. The van der Waals surface area contributed by atoms with Gasteiger partial charge in [-0.05, 0) is 38.1 Å². The van der Waals surface area contributed by atoms with Crippen LogP contribution in [-0.2, 0) is 0 Å². The van der Waals surface area contributed by atoms with Gasteiger partial charge in [0.25, 0.3) is 0 Å². The van der Waals surface area contributed by atoms with Crippen LogP contribution in [0.3, 0.4) is 0 Å². The number of Topliss-reactive ketones (excluding diaryl/α,β-unsaturated/α-hetero) is 1. The summed E-state index contributed by atoms with van der Waals surface area (Å²) >= 11 is 0. The normalized spacial score (nSPS) is 15.7. The molecule has 1 atom stereocenters. The lowest BCUT2D eigenvalue weighted by atomic mass is 10.0. The van der Waals surface area contributed by atoms with Crippen molar-refractivity contribution in [3.63, 3.8) is 0 Å². The third-order valence-corrected chi connectivity index (χ3v) is 5.59. The van der Waals surface area contributed by atoms with Gasteiger partial charge in [0.1, 0.15) is 0 Å². The largest absolute Gasteiger partial charge is 0.493 e. The molecule has 6 nitrogen and oxygen atoms in total. The zero-order valence-electron chi connectivity index (χ0n) is 17.9. The van der Waals surface area contributed by atoms with Crippen LogP contribution in [0.15, 0.2) is 36.4 Å². The molecule has 1 aliphatic rings. The number of benzene rings is 2. The highest BCUT2D eigenvalue weighted by atomic mass is 16.5. The Morgan fingerprint density at radius 2 is 1.45 bits per heavy atom. The van der Waals surface area contributed by atoms with Gasteiger partial charge in [-0.15, -0.1) is 0 Å². The van der Waals surface area contributed by atoms with Crippen molar-refractivity contribution in [3.05, 3.63) is 47.5 Å². The van der Waals surface area contributed by atoms with E-state index < -0.39 is 0 Å². The number of rotatable bonds is 7. The van der Waals surface area contributed by atoms with Gasteiger partial charge in [-0.3, -0.25) is 9.69 Å². The molecule has 0 bridgehead atoms. The van der Waals surface area contributed by atoms with Gasteiger partial charge in [-0.25, -0.2) is 0 Å². The van der Waals surface area contributed by atoms with Crippen LogP contribution in [0.2, 0.25) is 0 Å². The number of carbonyl (C=O) groups excluding carboxylic acids is 1. The van der Waals surface area contributed by atoms with E-state index in [9.17, 15) is 4.79 Å². The zero-order valence-corrected chi connectivity index (χ0v) is 17.9. The Hall–Kier alpha value is -2.73. The summed E-state index contributed by atoms with van der Waals surface area (Å²) in [5.41, 5.74) is 3.06. The van der Waals surface area contributed by atoms with Crippen molar-refractivity contribution in [3.8, 4) is 17.2 Å². The van der Waals surface area contributed by atoms with Crippen molar-refractivity contribution in [2.75, 3.05) is 52.4 Å². The number of carbonyl (C=O) groups is 1. The van der Waals surface area contributed by atoms with E-state index in [0.717, 1.165) is 26.2 Å². The molecule has 29 heavy (non-hydrogen) atoms. The summed E-state index contributed by atoms with van der Waals surface area (Å²) in [5, 5.41) is 0. The average molecular weight is 399 g/mol. The second-order valence-corrected chi connectivity index (χ2v) is 7.31. The smallest absolute Gasteiger partial charge is 0.203 e. The lowest BCUT2D eigenvalue weighted by Gasteiger charge is -2.38. The van der Waals surface area contributed by atoms with Crippen LogP contribution in [0.25, 0.3) is 0 Å². The predicted molar refractivity (Wildman–Crippen MR) is 115 cm³/mol. The van der Waals surface area contributed by atoms with E-state index in [-0.39, 0.29) is 11.8 Å². The molecule has 6 heteroatoms. The molecule has 0 spiro atoms. The quantitative estimate of drug-likeness (QED) is 0.666. The van der Waals surface area contributed by atoms with Gasteiger partial charge in [-0.2, -0.15) is 0 Å². The summed E-state index contributed by atoms with van der Waals surface area (Å²) in [5.74, 6) is 1.53. The van der Waals surface area contributed by atoms with Gasteiger partial charge >= 0.3 is 0 Å². The number of ketones is 1. The molecule has 0 N–H and O–H groups in total. The van der Waals surface area contributed by atoms with E-state index >= 15 is 0 Å². The topological polar surface area (TPSA) is 51.2 Å². The monoisotopic (exact) mass is 398 g/mol. The maximum absolute atomic E-state index is 13.2. The van der Waals surface area contributed by atoms with Gasteiger partial charge in [0.15, 0.2) is 17.3 Å². The Kier molecular flexibility index (Phi) is 6.64. The Bertz CT molecular complexity index is 817. The van der Waals surface area contributed by atoms with E-state index in [0.29, 0.717) is 22.8 Å². The lowest BCUT2D eigenvalue weighted by Crippen LogP contribution is -2.51. The van der Waals surface area contributed by atoms with Crippen LogP contribution in [0.1, 0.15) is 22.8 Å². The van der Waals surface area contributed by atoms with Gasteiger partial charge in [0.05, 0.1) is 27.4 Å². The Morgan fingerprint density at radius 3 is 1.93 bits per heavy atom. The fraction of sp³-hybridized carbons (Fsp3) is 0.435. The summed E-state index contributed by atoms with van der Waals surface area (Å²) in [6.45, 7) is 7.54. The molecule has 3 rings (SSSR count). The first kappa shape index (κ1) is 21.0. The van der Waals surface area contributed by atoms with Crippen LogP contribution < -0.4 is 19.1 Å². The highest BCUT2D eigenvalue weighted by Gasteiger charge is 2.28. The van der Waals surface area contributed by atoms with Gasteiger partial charge < -0.3 is 19.1 Å². The molecular formula is C23H30N2O4. The number of nitrogens with zero attached hydrogens (tertiary/aromatic N) is 2. The number of methoxy groups -OCH3 is 3. The number of ether oxygens (including phenoxy) is 3. The summed E-state index contributed by atoms with van der Waals surface area (Å²) in [6, 6.07) is 11.8. The Balaban J connectivity index is 1.70. The molecule has 156 valence electrons. The van der Waals surface area contributed by atoms with E-state index in [1.54, 1.807) is 33.5 Å². The van der Waals surface area contributed by atoms with Crippen LogP contribution >= 0.6 is 0 Å². The third-order valence-electron chi connectivity index (χ3n) is 5.59. The Labute approximate surface area is 173 Å². The first-order valence-electron chi connectivity index (χ1n) is 9.88. The highest BCUT2D eigenvalue weighted by Crippen LogP contribution is 2.38. The first-order valence-corrected chi connectivity index (χ1v) is 9.88. The van der Waals surface area contributed by atoms with E-state index in [1.165, 1.54) is 11.3 Å². The number of hydrogen-bond acceptors (Lipinski definition) is 6. The van der Waals surface area contributed by atoms with Crippen molar-refractivity contribution in [1.82, 2.24) is 4.90 Å². The van der Waals surface area contributed by atoms with Crippen molar-refractivity contribution < 1.29 is 19.0 Å². The molecule has 0 aliphatic carbocycles. The fourth-order valence-corrected chi connectivity index (χ4v) is 3.75. The summed E-state index contributed by atoms with van der Waals surface area (Å²) in [4.78, 5) is 17.8. The number of aryl methyl sites for hydroxylation is 1. The maximum atomic E-state index is 13.2. The molecule has 0 saturated carbocycles. The lowest BCUT2D eigenvalue weighted by molar-refractivity contribution is 0.0829. The number of hydrogen-bond donors (Lipinski definition) is 0. The molecule has 2 aromatic carbocycles. The van der Waals surface area contributed by atoms with E-state index in [2.05, 4.69) is 41.0 Å². The minimum atomic E-state index is -0.224. The molecule has 0 radical (unpaired) electrons. The summed E-state index contributed by atoms with van der Waals surface area (Å²) < 4.78 is 16.1. The van der Waals surface area contributed by atoms with E-state index in [4.69, 9.17) is 14.2 Å². The molecular weight excluding hydrogens is 368 g/mol. The molecule has 1 saturated heterocycles. The van der Waals surface area contributed by atoms with Gasteiger partial charge in [0.2, 0.25) is 5.75 Å². The SMILES string of the molecule is COc1cc(C(=O)C(C)N2CCN(c3ccc(C)cc3)CC2)cc(OC)c1OC. The molecule has 1 fully saturated rings. The van der Waals surface area contributed by atoms with Crippen LogP contribution in [0.4, 0.5) is 5.69 Å². The van der Waals surface area contributed by atoms with Crippen molar-refractivity contribution in [2.45, 2.75) is 19.9 Å². The number of piperazine rings is 1. The van der Waals surface area contributed by atoms with Crippen LogP contribution in [-0.4, -0.2) is 64.2 Å². The minimum Gasteiger partial charge on any atom is -0.493 e. The maximum Gasteiger partial charge on any atom is 0.203 e. The predicted octanol–water partition coefficient (Wildman–Crippen LogP) is 3.41. The first-order chi connectivity index (χ1) is 14.0. The molecule has 0 aromatic heterocycles. The average Bonchev–Trinajstić information content (AvgIpc) is 2.77. The molecule has 0 amide bonds. The van der Waals surface area contributed by atoms with Crippen LogP contribution in [0, 0.1) is 6.92 Å². The second kappa shape index (κ2) is 9.18. The molecule has 1 unspecified atom stereocenters. The van der Waals surface area contributed by atoms with Crippen LogP contribution in [0.5, 0.6) is 17.2 Å². The standard InChI is InChI=1S/C23H30N2O4/c1-16-6-8-19(9-7-16)25-12-10-24(11-13-25)17(2)22(26)18-14-20(27-3)23(29-5)21(15-18)28-4/h6-9,14-15,17H,10-13H2,1-5H3.